The van der Waals surface area contributed by atoms with Crippen LogP contribution in [0.1, 0.15) is 16.1 Å². The fourth-order valence-electron chi connectivity index (χ4n) is 1.74. The van der Waals surface area contributed by atoms with E-state index in [9.17, 15) is 14.9 Å². The highest BCUT2D eigenvalue weighted by atomic mass is 79.9. The zero-order chi connectivity index (χ0) is 15.6. The predicted molar refractivity (Wildman–Crippen MR) is 82.7 cm³/mol. The van der Waals surface area contributed by atoms with E-state index in [0.717, 1.165) is 0 Å². The maximum absolute atomic E-state index is 12.3. The number of amides is 1. The maximum atomic E-state index is 12.3. The Balaban J connectivity index is 2.39. The molecule has 0 saturated carbocycles. The van der Waals surface area contributed by atoms with Crippen LogP contribution in [0.3, 0.4) is 0 Å². The number of anilines is 1. The van der Waals surface area contributed by atoms with Gasteiger partial charge in [-0.2, -0.15) is 0 Å². The van der Waals surface area contributed by atoms with E-state index in [2.05, 4.69) is 26.2 Å². The lowest BCUT2D eigenvalue weighted by molar-refractivity contribution is -0.385. The van der Waals surface area contributed by atoms with Gasteiger partial charge in [0.1, 0.15) is 10.2 Å². The molecule has 8 heteroatoms. The number of hydrogen-bond acceptors (Lipinski definition) is 4. The van der Waals surface area contributed by atoms with E-state index in [1.807, 2.05) is 0 Å². The van der Waals surface area contributed by atoms with Crippen molar-refractivity contribution in [3.05, 3.63) is 61.3 Å². The van der Waals surface area contributed by atoms with Gasteiger partial charge in [-0.1, -0.05) is 17.7 Å². The third kappa shape index (κ3) is 3.37. The van der Waals surface area contributed by atoms with Crippen molar-refractivity contribution in [3.63, 3.8) is 0 Å². The Labute approximate surface area is 133 Å². The number of carbonyl (C=O) groups excluding carboxylic acids is 1. The lowest BCUT2D eigenvalue weighted by Crippen LogP contribution is -2.15. The van der Waals surface area contributed by atoms with Gasteiger partial charge in [0.15, 0.2) is 0 Å². The number of aryl methyl sites for hydroxylation is 1. The topological polar surface area (TPSA) is 85.1 Å². The Kier molecular flexibility index (Phi) is 4.54. The number of nitrogens with zero attached hydrogens (tertiary/aromatic N) is 2. The molecule has 1 heterocycles. The number of hydrogen-bond donors (Lipinski definition) is 1. The largest absolute Gasteiger partial charge is 0.320 e. The van der Waals surface area contributed by atoms with E-state index in [4.69, 9.17) is 11.6 Å². The Morgan fingerprint density at radius 2 is 2.10 bits per heavy atom. The van der Waals surface area contributed by atoms with Crippen LogP contribution < -0.4 is 5.32 Å². The molecule has 0 aliphatic heterocycles. The fraction of sp³-hybridized carbons (Fsp3) is 0.0769. The summed E-state index contributed by atoms with van der Waals surface area (Å²) in [6, 6.07) is 7.38. The molecule has 21 heavy (non-hydrogen) atoms. The Morgan fingerprint density at radius 1 is 1.38 bits per heavy atom. The van der Waals surface area contributed by atoms with E-state index in [1.165, 1.54) is 18.2 Å². The van der Waals surface area contributed by atoms with Crippen molar-refractivity contribution in [1.82, 2.24) is 4.98 Å². The highest BCUT2D eigenvalue weighted by Gasteiger charge is 2.23. The van der Waals surface area contributed by atoms with Gasteiger partial charge in [-0.05, 0) is 41.1 Å². The molecule has 0 aliphatic carbocycles. The summed E-state index contributed by atoms with van der Waals surface area (Å²) in [4.78, 5) is 26.7. The molecule has 0 saturated heterocycles. The first kappa shape index (κ1) is 15.4. The van der Waals surface area contributed by atoms with Crippen molar-refractivity contribution < 1.29 is 9.72 Å². The molecular weight excluding hydrogens is 362 g/mol. The van der Waals surface area contributed by atoms with Crippen LogP contribution in [0.2, 0.25) is 5.02 Å². The molecule has 1 aromatic carbocycles. The molecule has 0 atom stereocenters. The molecule has 0 fully saturated rings. The fourth-order valence-corrected chi connectivity index (χ4v) is 2.39. The normalized spacial score (nSPS) is 10.2. The second-order valence-corrected chi connectivity index (χ2v) is 5.33. The molecule has 0 aliphatic rings. The van der Waals surface area contributed by atoms with Crippen LogP contribution in [0, 0.1) is 17.0 Å². The van der Waals surface area contributed by atoms with Crippen LogP contribution in [0.25, 0.3) is 0 Å². The van der Waals surface area contributed by atoms with E-state index < -0.39 is 10.8 Å². The molecule has 0 bridgehead atoms. The average molecular weight is 371 g/mol. The van der Waals surface area contributed by atoms with Gasteiger partial charge in [0.05, 0.1) is 21.3 Å². The summed E-state index contributed by atoms with van der Waals surface area (Å²) in [5.74, 6) is -0.653. The van der Waals surface area contributed by atoms with Gasteiger partial charge < -0.3 is 5.32 Å². The molecule has 1 aromatic heterocycles. The quantitative estimate of drug-likeness (QED) is 0.503. The summed E-state index contributed by atoms with van der Waals surface area (Å²) in [7, 11) is 0. The van der Waals surface area contributed by atoms with Crippen molar-refractivity contribution in [2.75, 3.05) is 5.32 Å². The summed E-state index contributed by atoms with van der Waals surface area (Å²) < 4.78 is 0.627. The van der Waals surface area contributed by atoms with Gasteiger partial charge in [0, 0.05) is 6.07 Å². The minimum Gasteiger partial charge on any atom is -0.320 e. The molecule has 0 radical (unpaired) electrons. The zero-order valence-corrected chi connectivity index (χ0v) is 13.1. The Hall–Kier alpha value is -1.99. The molecular formula is C13H9BrClN3O3. The Morgan fingerprint density at radius 3 is 2.71 bits per heavy atom. The van der Waals surface area contributed by atoms with E-state index in [-0.39, 0.29) is 16.3 Å². The zero-order valence-electron chi connectivity index (χ0n) is 10.8. The first-order valence-electron chi connectivity index (χ1n) is 5.77. The monoisotopic (exact) mass is 369 g/mol. The SMILES string of the molecule is Cc1nc(Br)ccc1NC(=O)c1c(Cl)cccc1[N+](=O)[O-]. The number of benzene rings is 1. The third-order valence-corrected chi connectivity index (χ3v) is 3.47. The van der Waals surface area contributed by atoms with E-state index in [1.54, 1.807) is 19.1 Å². The number of halogens is 2. The van der Waals surface area contributed by atoms with Gasteiger partial charge >= 0.3 is 0 Å². The van der Waals surface area contributed by atoms with Crippen LogP contribution >= 0.6 is 27.5 Å². The van der Waals surface area contributed by atoms with E-state index >= 15 is 0 Å². The first-order valence-corrected chi connectivity index (χ1v) is 6.94. The summed E-state index contributed by atoms with van der Waals surface area (Å²) in [5, 5.41) is 13.6. The molecule has 2 rings (SSSR count). The van der Waals surface area contributed by atoms with Crippen LogP contribution in [0.4, 0.5) is 11.4 Å². The molecule has 1 amide bonds. The summed E-state index contributed by atoms with van der Waals surface area (Å²) in [6.07, 6.45) is 0. The molecule has 1 N–H and O–H groups in total. The van der Waals surface area contributed by atoms with Crippen LogP contribution in [0.15, 0.2) is 34.9 Å². The van der Waals surface area contributed by atoms with Gasteiger partial charge in [-0.25, -0.2) is 4.98 Å². The van der Waals surface area contributed by atoms with Crippen molar-refractivity contribution in [1.29, 1.82) is 0 Å². The van der Waals surface area contributed by atoms with Crippen LogP contribution in [-0.4, -0.2) is 15.8 Å². The van der Waals surface area contributed by atoms with Crippen molar-refractivity contribution in [2.45, 2.75) is 6.92 Å². The number of aromatic nitrogens is 1. The smallest absolute Gasteiger partial charge is 0.283 e. The van der Waals surface area contributed by atoms with Crippen LogP contribution in [-0.2, 0) is 0 Å². The number of nitro groups is 1. The molecule has 0 spiro atoms. The number of nitro benzene ring substituents is 1. The van der Waals surface area contributed by atoms with E-state index in [0.29, 0.717) is 16.0 Å². The van der Waals surface area contributed by atoms with Crippen LogP contribution in [0.5, 0.6) is 0 Å². The average Bonchev–Trinajstić information content (AvgIpc) is 2.41. The van der Waals surface area contributed by atoms with Gasteiger partial charge in [0.2, 0.25) is 0 Å². The van der Waals surface area contributed by atoms with Crippen molar-refractivity contribution in [3.8, 4) is 0 Å². The van der Waals surface area contributed by atoms with Gasteiger partial charge in [0.25, 0.3) is 11.6 Å². The Bertz CT molecular complexity index is 737. The number of rotatable bonds is 3. The third-order valence-electron chi connectivity index (χ3n) is 2.72. The molecule has 108 valence electrons. The summed E-state index contributed by atoms with van der Waals surface area (Å²) in [5.41, 5.74) is 0.513. The summed E-state index contributed by atoms with van der Waals surface area (Å²) in [6.45, 7) is 1.71. The number of carbonyl (C=O) groups is 1. The maximum Gasteiger partial charge on any atom is 0.283 e. The lowest BCUT2D eigenvalue weighted by atomic mass is 10.1. The summed E-state index contributed by atoms with van der Waals surface area (Å²) >= 11 is 9.13. The minimum absolute atomic E-state index is 0.0180. The molecule has 6 nitrogen and oxygen atoms in total. The van der Waals surface area contributed by atoms with Gasteiger partial charge in [-0.15, -0.1) is 0 Å². The van der Waals surface area contributed by atoms with Gasteiger partial charge in [-0.3, -0.25) is 14.9 Å². The number of nitrogens with one attached hydrogen (secondary N) is 1. The second kappa shape index (κ2) is 6.19. The molecule has 2 aromatic rings. The highest BCUT2D eigenvalue weighted by molar-refractivity contribution is 9.10. The van der Waals surface area contributed by atoms with Crippen molar-refractivity contribution in [2.24, 2.45) is 0 Å². The lowest BCUT2D eigenvalue weighted by Gasteiger charge is -2.09. The molecule has 0 unspecified atom stereocenters. The highest BCUT2D eigenvalue weighted by Crippen LogP contribution is 2.27. The standard InChI is InChI=1S/C13H9BrClN3O3/c1-7-9(5-6-11(14)16-7)17-13(19)12-8(15)3-2-4-10(12)18(20)21/h2-6H,1H3,(H,17,19). The second-order valence-electron chi connectivity index (χ2n) is 4.11. The van der Waals surface area contributed by atoms with Crippen molar-refractivity contribution >= 4 is 44.8 Å². The number of pyridine rings is 1. The minimum atomic E-state index is -0.653. The predicted octanol–water partition coefficient (Wildman–Crippen LogP) is 3.97. The first-order chi connectivity index (χ1) is 9.90.